The second kappa shape index (κ2) is 9.25. The first-order valence-electron chi connectivity index (χ1n) is 11.4. The number of ketones is 1. The molecule has 1 aliphatic carbocycles. The van der Waals surface area contributed by atoms with Crippen molar-refractivity contribution in [3.8, 4) is 0 Å². The summed E-state index contributed by atoms with van der Waals surface area (Å²) in [5, 5.41) is 5.63. The predicted octanol–water partition coefficient (Wildman–Crippen LogP) is 5.36. The molecule has 5 nitrogen and oxygen atoms in total. The standard InChI is InChI=1S/C28H23F2N3O2/c1-16-24(28(35)33-27-19(29)10-7-11-20(27)30)26(21-12-5-6-13-31-21)25-22(32-16)14-18(15-23(25)34)17-8-3-2-4-9-17/h2-13,18,26,32H,14-15H2,1H3,(H,33,35). The van der Waals surface area contributed by atoms with Crippen LogP contribution in [-0.4, -0.2) is 16.7 Å². The van der Waals surface area contributed by atoms with Crippen LogP contribution in [0, 0.1) is 11.6 Å². The smallest absolute Gasteiger partial charge is 0.254 e. The van der Waals surface area contributed by atoms with Gasteiger partial charge in [-0.1, -0.05) is 42.5 Å². The number of dihydropyridines is 1. The summed E-state index contributed by atoms with van der Waals surface area (Å²) in [6.07, 6.45) is 2.49. The number of hydrogen-bond acceptors (Lipinski definition) is 4. The van der Waals surface area contributed by atoms with E-state index in [9.17, 15) is 18.4 Å². The van der Waals surface area contributed by atoms with Crippen molar-refractivity contribution in [1.29, 1.82) is 0 Å². The molecule has 2 unspecified atom stereocenters. The summed E-state index contributed by atoms with van der Waals surface area (Å²) >= 11 is 0. The number of para-hydroxylation sites is 1. The van der Waals surface area contributed by atoms with Gasteiger partial charge in [0, 0.05) is 35.2 Å². The highest BCUT2D eigenvalue weighted by molar-refractivity contribution is 6.10. The lowest BCUT2D eigenvalue weighted by Gasteiger charge is -2.36. The maximum absolute atomic E-state index is 14.3. The second-order valence-electron chi connectivity index (χ2n) is 8.73. The van der Waals surface area contributed by atoms with Crippen molar-refractivity contribution in [2.75, 3.05) is 5.32 Å². The number of aromatic nitrogens is 1. The van der Waals surface area contributed by atoms with Crippen LogP contribution in [0.3, 0.4) is 0 Å². The van der Waals surface area contributed by atoms with Gasteiger partial charge in [-0.3, -0.25) is 14.6 Å². The highest BCUT2D eigenvalue weighted by Crippen LogP contribution is 2.45. The van der Waals surface area contributed by atoms with Gasteiger partial charge in [0.1, 0.15) is 17.3 Å². The third-order valence-corrected chi connectivity index (χ3v) is 6.53. The number of Topliss-reactive ketones (excluding diaryl/α,β-unsaturated/α-hetero) is 1. The molecule has 5 rings (SSSR count). The van der Waals surface area contributed by atoms with E-state index in [1.54, 1.807) is 31.3 Å². The van der Waals surface area contributed by atoms with Crippen molar-refractivity contribution in [3.05, 3.63) is 118 Å². The van der Waals surface area contributed by atoms with Crippen molar-refractivity contribution >= 4 is 17.4 Å². The summed E-state index contributed by atoms with van der Waals surface area (Å²) in [5.41, 5.74) is 3.00. The first kappa shape index (κ1) is 22.7. The monoisotopic (exact) mass is 471 g/mol. The molecule has 7 heteroatoms. The summed E-state index contributed by atoms with van der Waals surface area (Å²) < 4.78 is 28.5. The SMILES string of the molecule is CC1=C(C(=O)Nc2c(F)cccc2F)C(c2ccccn2)C2=C(CC(c3ccccc3)CC2=O)N1. The molecule has 2 aliphatic rings. The Morgan fingerprint density at radius 2 is 1.69 bits per heavy atom. The van der Waals surface area contributed by atoms with Crippen LogP contribution in [-0.2, 0) is 9.59 Å². The first-order valence-corrected chi connectivity index (χ1v) is 11.4. The number of carbonyl (C=O) groups excluding carboxylic acids is 2. The molecule has 0 radical (unpaired) electrons. The van der Waals surface area contributed by atoms with E-state index in [1.807, 2.05) is 30.3 Å². The number of hydrogen-bond donors (Lipinski definition) is 2. The number of nitrogens with zero attached hydrogens (tertiary/aromatic N) is 1. The number of rotatable bonds is 4. The summed E-state index contributed by atoms with van der Waals surface area (Å²) in [6.45, 7) is 1.73. The fourth-order valence-corrected chi connectivity index (χ4v) is 4.94. The molecule has 0 saturated carbocycles. The van der Waals surface area contributed by atoms with Gasteiger partial charge in [0.15, 0.2) is 5.78 Å². The average Bonchev–Trinajstić information content (AvgIpc) is 2.86. The van der Waals surface area contributed by atoms with Crippen molar-refractivity contribution in [2.45, 2.75) is 31.6 Å². The minimum Gasteiger partial charge on any atom is -0.362 e. The third-order valence-electron chi connectivity index (χ3n) is 6.53. The zero-order valence-corrected chi connectivity index (χ0v) is 19.0. The Kier molecular flexibility index (Phi) is 5.99. The van der Waals surface area contributed by atoms with Gasteiger partial charge in [0.2, 0.25) is 0 Å². The largest absolute Gasteiger partial charge is 0.362 e. The number of benzene rings is 2. The molecule has 176 valence electrons. The highest BCUT2D eigenvalue weighted by Gasteiger charge is 2.41. The van der Waals surface area contributed by atoms with Gasteiger partial charge in [-0.05, 0) is 49.1 Å². The van der Waals surface area contributed by atoms with Crippen LogP contribution in [0.1, 0.15) is 42.9 Å². The summed E-state index contributed by atoms with van der Waals surface area (Å²) in [5.74, 6) is -3.29. The van der Waals surface area contributed by atoms with Crippen LogP contribution in [0.2, 0.25) is 0 Å². The van der Waals surface area contributed by atoms with E-state index in [4.69, 9.17) is 0 Å². The van der Waals surface area contributed by atoms with Crippen LogP contribution in [0.5, 0.6) is 0 Å². The molecule has 2 heterocycles. The zero-order chi connectivity index (χ0) is 24.5. The zero-order valence-electron chi connectivity index (χ0n) is 19.0. The molecule has 35 heavy (non-hydrogen) atoms. The van der Waals surface area contributed by atoms with Crippen LogP contribution in [0.15, 0.2) is 95.5 Å². The molecule has 1 aromatic heterocycles. The van der Waals surface area contributed by atoms with Gasteiger partial charge < -0.3 is 10.6 Å². The van der Waals surface area contributed by atoms with Gasteiger partial charge in [0.05, 0.1) is 11.6 Å². The summed E-state index contributed by atoms with van der Waals surface area (Å²) in [4.78, 5) is 31.4. The molecule has 2 N–H and O–H groups in total. The number of allylic oxidation sites excluding steroid dienone is 3. The number of halogens is 2. The number of pyridine rings is 1. The van der Waals surface area contributed by atoms with Crippen LogP contribution in [0.4, 0.5) is 14.5 Å². The van der Waals surface area contributed by atoms with E-state index in [1.165, 1.54) is 6.07 Å². The summed E-state index contributed by atoms with van der Waals surface area (Å²) in [6, 6.07) is 18.5. The predicted molar refractivity (Wildman–Crippen MR) is 128 cm³/mol. The normalized spacial score (nSPS) is 19.8. The van der Waals surface area contributed by atoms with Crippen molar-refractivity contribution in [1.82, 2.24) is 10.3 Å². The fraction of sp³-hybridized carbons (Fsp3) is 0.179. The topological polar surface area (TPSA) is 71.1 Å². The molecule has 0 fully saturated rings. The van der Waals surface area contributed by atoms with Gasteiger partial charge >= 0.3 is 0 Å². The minimum absolute atomic E-state index is 0.00928. The quantitative estimate of drug-likeness (QED) is 0.538. The Morgan fingerprint density at radius 3 is 2.37 bits per heavy atom. The van der Waals surface area contributed by atoms with Crippen LogP contribution < -0.4 is 10.6 Å². The first-order chi connectivity index (χ1) is 16.9. The van der Waals surface area contributed by atoms with Crippen LogP contribution in [0.25, 0.3) is 0 Å². The molecule has 0 spiro atoms. The number of amides is 1. The van der Waals surface area contributed by atoms with Crippen molar-refractivity contribution in [2.24, 2.45) is 0 Å². The van der Waals surface area contributed by atoms with E-state index in [-0.39, 0.29) is 17.3 Å². The molecule has 3 aromatic rings. The second-order valence-corrected chi connectivity index (χ2v) is 8.73. The van der Waals surface area contributed by atoms with E-state index in [2.05, 4.69) is 15.6 Å². The number of nitrogens with one attached hydrogen (secondary N) is 2. The van der Waals surface area contributed by atoms with E-state index in [0.29, 0.717) is 29.8 Å². The van der Waals surface area contributed by atoms with Gasteiger partial charge in [-0.2, -0.15) is 0 Å². The van der Waals surface area contributed by atoms with Gasteiger partial charge in [-0.25, -0.2) is 8.78 Å². The Hall–Kier alpha value is -4.13. The minimum atomic E-state index is -0.880. The maximum atomic E-state index is 14.3. The molecule has 0 saturated heterocycles. The number of anilines is 1. The molecular formula is C28H23F2N3O2. The maximum Gasteiger partial charge on any atom is 0.254 e. The lowest BCUT2D eigenvalue weighted by atomic mass is 9.72. The van der Waals surface area contributed by atoms with E-state index < -0.39 is 29.1 Å². The lowest BCUT2D eigenvalue weighted by molar-refractivity contribution is -0.116. The molecule has 2 atom stereocenters. The summed E-state index contributed by atoms with van der Waals surface area (Å²) in [7, 11) is 0. The molecule has 2 aromatic carbocycles. The molecule has 1 amide bonds. The van der Waals surface area contributed by atoms with Crippen molar-refractivity contribution in [3.63, 3.8) is 0 Å². The lowest BCUT2D eigenvalue weighted by Crippen LogP contribution is -2.37. The molecule has 0 bridgehead atoms. The number of carbonyl (C=O) groups is 2. The van der Waals surface area contributed by atoms with E-state index in [0.717, 1.165) is 23.4 Å². The van der Waals surface area contributed by atoms with Crippen LogP contribution >= 0.6 is 0 Å². The molecule has 1 aliphatic heterocycles. The third kappa shape index (κ3) is 4.25. The van der Waals surface area contributed by atoms with Crippen molar-refractivity contribution < 1.29 is 18.4 Å². The highest BCUT2D eigenvalue weighted by atomic mass is 19.1. The fourth-order valence-electron chi connectivity index (χ4n) is 4.94. The average molecular weight is 472 g/mol. The van der Waals surface area contributed by atoms with Gasteiger partial charge in [-0.15, -0.1) is 0 Å². The Morgan fingerprint density at radius 1 is 0.971 bits per heavy atom. The van der Waals surface area contributed by atoms with E-state index >= 15 is 0 Å². The molecular weight excluding hydrogens is 448 g/mol. The Bertz CT molecular complexity index is 1350. The van der Waals surface area contributed by atoms with Gasteiger partial charge in [0.25, 0.3) is 5.91 Å². The Labute approximate surface area is 201 Å². The Balaban J connectivity index is 1.56.